The molecule has 0 saturated carbocycles. The van der Waals surface area contributed by atoms with Crippen LogP contribution in [-0.2, 0) is 4.79 Å². The van der Waals surface area contributed by atoms with Crippen LogP contribution in [0, 0.1) is 11.7 Å². The summed E-state index contributed by atoms with van der Waals surface area (Å²) in [5, 5.41) is 11.3. The molecule has 1 amide bonds. The largest absolute Gasteiger partial charge is 0.497 e. The van der Waals surface area contributed by atoms with Crippen molar-refractivity contribution >= 4 is 11.9 Å². The molecule has 2 aromatic carbocycles. The Morgan fingerprint density at radius 1 is 1.13 bits per heavy atom. The Bertz CT molecular complexity index is 1010. The number of piperidine rings is 1. The molecule has 1 atom stereocenters. The fourth-order valence-electron chi connectivity index (χ4n) is 3.69. The first kappa shape index (κ1) is 20.8. The van der Waals surface area contributed by atoms with Crippen LogP contribution in [0.2, 0.25) is 0 Å². The van der Waals surface area contributed by atoms with Crippen LogP contribution in [0.3, 0.4) is 0 Å². The first-order chi connectivity index (χ1) is 15.0. The van der Waals surface area contributed by atoms with Crippen LogP contribution >= 0.6 is 0 Å². The van der Waals surface area contributed by atoms with Crippen LogP contribution in [-0.4, -0.2) is 36.3 Å². The Morgan fingerprint density at radius 2 is 1.81 bits per heavy atom. The molecule has 0 spiro atoms. The van der Waals surface area contributed by atoms with Gasteiger partial charge in [0.25, 0.3) is 0 Å². The highest BCUT2D eigenvalue weighted by atomic mass is 19.1. The van der Waals surface area contributed by atoms with Crippen molar-refractivity contribution in [3.8, 4) is 17.2 Å². The molecule has 0 bridgehead atoms. The summed E-state index contributed by atoms with van der Waals surface area (Å²) in [6, 6.07) is 13.9. The molecule has 1 N–H and O–H groups in total. The molecular formula is C23H25FN4O3. The van der Waals surface area contributed by atoms with Crippen molar-refractivity contribution in [2.24, 2.45) is 5.92 Å². The minimum atomic E-state index is -0.286. The second-order valence-corrected chi connectivity index (χ2v) is 7.66. The van der Waals surface area contributed by atoms with Gasteiger partial charge in [-0.3, -0.25) is 4.79 Å². The van der Waals surface area contributed by atoms with Crippen molar-refractivity contribution in [2.75, 3.05) is 25.1 Å². The second kappa shape index (κ2) is 9.16. The number of carbonyl (C=O) groups is 1. The van der Waals surface area contributed by atoms with Gasteiger partial charge in [0.05, 0.1) is 13.2 Å². The third kappa shape index (κ3) is 4.84. The summed E-state index contributed by atoms with van der Waals surface area (Å²) >= 11 is 0. The molecule has 4 rings (SSSR count). The van der Waals surface area contributed by atoms with Gasteiger partial charge in [-0.05, 0) is 61.7 Å². The summed E-state index contributed by atoms with van der Waals surface area (Å²) in [5.41, 5.74) is 1.70. The van der Waals surface area contributed by atoms with Gasteiger partial charge in [0.15, 0.2) is 0 Å². The smallest absolute Gasteiger partial charge is 0.318 e. The Labute approximate surface area is 180 Å². The number of anilines is 1. The van der Waals surface area contributed by atoms with E-state index in [4.69, 9.17) is 9.15 Å². The van der Waals surface area contributed by atoms with Crippen LogP contribution in [0.4, 0.5) is 10.4 Å². The van der Waals surface area contributed by atoms with E-state index in [-0.39, 0.29) is 23.7 Å². The van der Waals surface area contributed by atoms with Gasteiger partial charge in [0.2, 0.25) is 11.8 Å². The molecule has 1 unspecified atom stereocenters. The highest BCUT2D eigenvalue weighted by molar-refractivity contribution is 5.79. The quantitative estimate of drug-likeness (QED) is 0.645. The van der Waals surface area contributed by atoms with Gasteiger partial charge in [-0.15, -0.1) is 5.10 Å². The molecule has 1 saturated heterocycles. The Balaban J connectivity index is 1.31. The zero-order valence-corrected chi connectivity index (χ0v) is 17.5. The van der Waals surface area contributed by atoms with Gasteiger partial charge in [0.1, 0.15) is 11.6 Å². The maximum Gasteiger partial charge on any atom is 0.318 e. The third-order valence-electron chi connectivity index (χ3n) is 5.62. The number of rotatable bonds is 6. The maximum atomic E-state index is 13.1. The molecule has 162 valence electrons. The van der Waals surface area contributed by atoms with E-state index in [2.05, 4.69) is 15.5 Å². The number of hydrogen-bond acceptors (Lipinski definition) is 6. The van der Waals surface area contributed by atoms with Crippen molar-refractivity contribution in [1.29, 1.82) is 0 Å². The SMILES string of the molecule is COc1ccc(-c2nnc(N3CCC(C(=O)NC(C)c4ccc(F)cc4)CC3)o2)cc1. The molecule has 1 aliphatic heterocycles. The van der Waals surface area contributed by atoms with Gasteiger partial charge in [-0.2, -0.15) is 0 Å². The van der Waals surface area contributed by atoms with E-state index in [0.29, 0.717) is 37.8 Å². The van der Waals surface area contributed by atoms with Gasteiger partial charge in [-0.25, -0.2) is 4.39 Å². The first-order valence-electron chi connectivity index (χ1n) is 10.3. The number of nitrogens with zero attached hydrogens (tertiary/aromatic N) is 3. The van der Waals surface area contributed by atoms with Crippen LogP contribution < -0.4 is 15.0 Å². The third-order valence-corrected chi connectivity index (χ3v) is 5.62. The second-order valence-electron chi connectivity index (χ2n) is 7.66. The molecule has 0 radical (unpaired) electrons. The van der Waals surface area contributed by atoms with Crippen LogP contribution in [0.15, 0.2) is 52.9 Å². The minimum Gasteiger partial charge on any atom is -0.497 e. The summed E-state index contributed by atoms with van der Waals surface area (Å²) in [6.45, 7) is 3.22. The Hall–Kier alpha value is -3.42. The summed E-state index contributed by atoms with van der Waals surface area (Å²) in [7, 11) is 1.62. The van der Waals surface area contributed by atoms with Gasteiger partial charge in [0, 0.05) is 24.6 Å². The molecule has 1 aromatic heterocycles. The number of carbonyl (C=O) groups excluding carboxylic acids is 1. The van der Waals surface area contributed by atoms with E-state index in [1.807, 2.05) is 36.1 Å². The molecule has 8 heteroatoms. The van der Waals surface area contributed by atoms with Crippen molar-refractivity contribution in [3.05, 3.63) is 59.9 Å². The van der Waals surface area contributed by atoms with E-state index >= 15 is 0 Å². The summed E-state index contributed by atoms with van der Waals surface area (Å²) < 4.78 is 24.1. The number of amides is 1. The van der Waals surface area contributed by atoms with E-state index in [1.165, 1.54) is 12.1 Å². The minimum absolute atomic E-state index is 0.0147. The lowest BCUT2D eigenvalue weighted by atomic mass is 9.95. The maximum absolute atomic E-state index is 13.1. The average Bonchev–Trinajstić information content (AvgIpc) is 3.30. The average molecular weight is 424 g/mol. The standard InChI is InChI=1S/C23H25FN4O3/c1-15(16-3-7-19(24)8-4-16)25-21(29)17-11-13-28(14-12-17)23-27-26-22(31-23)18-5-9-20(30-2)10-6-18/h3-10,15,17H,11-14H2,1-2H3,(H,25,29). The number of aromatic nitrogens is 2. The number of hydrogen-bond donors (Lipinski definition) is 1. The molecule has 1 fully saturated rings. The predicted octanol–water partition coefficient (Wildman–Crippen LogP) is 3.98. The van der Waals surface area contributed by atoms with Crippen LogP contribution in [0.1, 0.15) is 31.4 Å². The van der Waals surface area contributed by atoms with E-state index < -0.39 is 0 Å². The molecule has 2 heterocycles. The summed E-state index contributed by atoms with van der Waals surface area (Å²) in [4.78, 5) is 14.7. The van der Waals surface area contributed by atoms with Gasteiger partial charge < -0.3 is 19.4 Å². The molecule has 3 aromatic rings. The number of methoxy groups -OCH3 is 1. The fraction of sp³-hybridized carbons (Fsp3) is 0.348. The highest BCUT2D eigenvalue weighted by Crippen LogP contribution is 2.27. The predicted molar refractivity (Wildman–Crippen MR) is 114 cm³/mol. The fourth-order valence-corrected chi connectivity index (χ4v) is 3.69. The molecule has 1 aliphatic rings. The summed E-state index contributed by atoms with van der Waals surface area (Å²) in [6.07, 6.45) is 1.39. The molecule has 0 aliphatic carbocycles. The van der Waals surface area contributed by atoms with Crippen molar-refractivity contribution in [3.63, 3.8) is 0 Å². The lowest BCUT2D eigenvalue weighted by Crippen LogP contribution is -2.41. The zero-order valence-electron chi connectivity index (χ0n) is 17.5. The van der Waals surface area contributed by atoms with E-state index in [1.54, 1.807) is 19.2 Å². The van der Waals surface area contributed by atoms with Crippen molar-refractivity contribution in [1.82, 2.24) is 15.5 Å². The number of benzene rings is 2. The lowest BCUT2D eigenvalue weighted by molar-refractivity contribution is -0.126. The molecule has 31 heavy (non-hydrogen) atoms. The number of ether oxygens (including phenoxy) is 1. The van der Waals surface area contributed by atoms with Crippen molar-refractivity contribution < 1.29 is 18.3 Å². The summed E-state index contributed by atoms with van der Waals surface area (Å²) in [5.74, 6) is 0.859. The van der Waals surface area contributed by atoms with E-state index in [0.717, 1.165) is 16.9 Å². The Morgan fingerprint density at radius 3 is 2.45 bits per heavy atom. The van der Waals surface area contributed by atoms with Crippen LogP contribution in [0.25, 0.3) is 11.5 Å². The number of nitrogens with one attached hydrogen (secondary N) is 1. The number of halogens is 1. The van der Waals surface area contributed by atoms with E-state index in [9.17, 15) is 9.18 Å². The highest BCUT2D eigenvalue weighted by Gasteiger charge is 2.28. The van der Waals surface area contributed by atoms with Gasteiger partial charge >= 0.3 is 6.01 Å². The molecular weight excluding hydrogens is 399 g/mol. The monoisotopic (exact) mass is 424 g/mol. The lowest BCUT2D eigenvalue weighted by Gasteiger charge is -2.30. The van der Waals surface area contributed by atoms with Gasteiger partial charge in [-0.1, -0.05) is 17.2 Å². The topological polar surface area (TPSA) is 80.5 Å². The zero-order chi connectivity index (χ0) is 21.8. The van der Waals surface area contributed by atoms with Crippen molar-refractivity contribution in [2.45, 2.75) is 25.8 Å². The Kier molecular flexibility index (Phi) is 6.16. The molecule has 7 nitrogen and oxygen atoms in total. The normalized spacial score (nSPS) is 15.5. The first-order valence-corrected chi connectivity index (χ1v) is 10.3. The van der Waals surface area contributed by atoms with Crippen LogP contribution in [0.5, 0.6) is 5.75 Å².